The number of aromatic amines is 1. The van der Waals surface area contributed by atoms with E-state index >= 15 is 0 Å². The van der Waals surface area contributed by atoms with Crippen molar-refractivity contribution in [3.05, 3.63) is 57.9 Å². The van der Waals surface area contributed by atoms with Crippen LogP contribution in [0.4, 0.5) is 5.69 Å². The lowest BCUT2D eigenvalue weighted by Gasteiger charge is -2.26. The van der Waals surface area contributed by atoms with E-state index in [1.807, 2.05) is 13.0 Å². The second-order valence-electron chi connectivity index (χ2n) is 8.48. The van der Waals surface area contributed by atoms with Crippen LogP contribution < -0.4 is 10.9 Å². The lowest BCUT2D eigenvalue weighted by Crippen LogP contribution is -2.39. The summed E-state index contributed by atoms with van der Waals surface area (Å²) in [5.74, 6) is 0. The van der Waals surface area contributed by atoms with E-state index in [9.17, 15) is 13.2 Å². The maximum absolute atomic E-state index is 13.4. The third-order valence-corrected chi connectivity index (χ3v) is 7.89. The summed E-state index contributed by atoms with van der Waals surface area (Å²) in [6, 6.07) is 10.4. The molecule has 4 aromatic rings. The lowest BCUT2D eigenvalue weighted by molar-refractivity contribution is 0.0398. The van der Waals surface area contributed by atoms with Gasteiger partial charge in [0, 0.05) is 31.9 Å². The summed E-state index contributed by atoms with van der Waals surface area (Å²) in [4.78, 5) is 19.3. The van der Waals surface area contributed by atoms with E-state index in [0.29, 0.717) is 16.5 Å². The molecule has 0 radical (unpaired) electrons. The molecule has 5 rings (SSSR count). The monoisotopic (exact) mass is 482 g/mol. The highest BCUT2D eigenvalue weighted by molar-refractivity contribution is 7.91. The van der Waals surface area contributed by atoms with Crippen molar-refractivity contribution in [3.63, 3.8) is 0 Å². The molecule has 2 N–H and O–H groups in total. The van der Waals surface area contributed by atoms with Crippen molar-refractivity contribution < 1.29 is 13.2 Å². The fourth-order valence-electron chi connectivity index (χ4n) is 4.29. The van der Waals surface area contributed by atoms with Gasteiger partial charge in [-0.1, -0.05) is 17.7 Å². The number of H-pyrrole nitrogens is 1. The van der Waals surface area contributed by atoms with Gasteiger partial charge in [0.15, 0.2) is 5.65 Å². The van der Waals surface area contributed by atoms with Crippen LogP contribution in [0, 0.1) is 13.8 Å². The van der Waals surface area contributed by atoms with Crippen LogP contribution in [0.1, 0.15) is 11.1 Å². The molecule has 34 heavy (non-hydrogen) atoms. The Kier molecular flexibility index (Phi) is 5.84. The molecule has 3 heterocycles. The Morgan fingerprint density at radius 2 is 1.91 bits per heavy atom. The smallest absolute Gasteiger partial charge is 0.281 e. The van der Waals surface area contributed by atoms with Crippen LogP contribution in [-0.2, 0) is 14.6 Å². The molecule has 11 heteroatoms. The molecule has 0 spiro atoms. The van der Waals surface area contributed by atoms with E-state index in [1.165, 1.54) is 4.52 Å². The van der Waals surface area contributed by atoms with E-state index in [4.69, 9.17) is 4.74 Å². The van der Waals surface area contributed by atoms with Gasteiger partial charge in [-0.2, -0.15) is 4.98 Å². The lowest BCUT2D eigenvalue weighted by atomic mass is 10.2. The van der Waals surface area contributed by atoms with Crippen molar-refractivity contribution in [1.82, 2.24) is 24.7 Å². The van der Waals surface area contributed by atoms with Gasteiger partial charge in [0.05, 0.1) is 29.0 Å². The van der Waals surface area contributed by atoms with Crippen molar-refractivity contribution in [1.29, 1.82) is 0 Å². The van der Waals surface area contributed by atoms with Crippen molar-refractivity contribution in [2.24, 2.45) is 0 Å². The average molecular weight is 483 g/mol. The standard InChI is InChI=1S/C23H26N6O4S/c1-15-3-6-20(16(2)13-15)34(31,32)23-21-25-22(30)18-5-4-17(14-19(18)29(21)27-26-23)24-7-8-28-9-11-33-12-10-28/h3-6,13-14,24,27H,7-12H2,1-2H3. The zero-order valence-corrected chi connectivity index (χ0v) is 19.9. The molecular weight excluding hydrogens is 456 g/mol. The van der Waals surface area contributed by atoms with E-state index in [0.717, 1.165) is 50.6 Å². The number of nitrogens with zero attached hydrogens (tertiary/aromatic N) is 4. The maximum atomic E-state index is 13.4. The summed E-state index contributed by atoms with van der Waals surface area (Å²) >= 11 is 0. The highest BCUT2D eigenvalue weighted by Gasteiger charge is 2.27. The molecule has 1 fully saturated rings. The third-order valence-electron chi connectivity index (χ3n) is 6.07. The molecule has 0 amide bonds. The normalized spacial score (nSPS) is 15.2. The number of sulfone groups is 1. The third kappa shape index (κ3) is 4.06. The molecule has 10 nitrogen and oxygen atoms in total. The number of ether oxygens (including phenoxy) is 1. The molecule has 0 atom stereocenters. The minimum absolute atomic E-state index is 0.0251. The highest BCUT2D eigenvalue weighted by Crippen LogP contribution is 2.26. The first-order valence-electron chi connectivity index (χ1n) is 11.1. The van der Waals surface area contributed by atoms with Gasteiger partial charge in [0.25, 0.3) is 5.56 Å². The number of aryl methyl sites for hydroxylation is 2. The van der Waals surface area contributed by atoms with Gasteiger partial charge in [-0.3, -0.25) is 9.69 Å². The first kappa shape index (κ1) is 22.5. The highest BCUT2D eigenvalue weighted by atomic mass is 32.2. The van der Waals surface area contributed by atoms with Crippen molar-refractivity contribution in [2.75, 3.05) is 44.7 Å². The maximum Gasteiger partial charge on any atom is 0.281 e. The molecule has 1 saturated heterocycles. The second kappa shape index (κ2) is 8.82. The number of fused-ring (bicyclic) bond motifs is 3. The van der Waals surface area contributed by atoms with E-state index in [-0.39, 0.29) is 15.6 Å². The summed E-state index contributed by atoms with van der Waals surface area (Å²) in [5.41, 5.74) is 2.35. The van der Waals surface area contributed by atoms with Gasteiger partial charge >= 0.3 is 0 Å². The van der Waals surface area contributed by atoms with Crippen molar-refractivity contribution in [2.45, 2.75) is 23.8 Å². The first-order valence-corrected chi connectivity index (χ1v) is 12.6. The second-order valence-corrected chi connectivity index (χ2v) is 10.3. The number of morpholine rings is 1. The van der Waals surface area contributed by atoms with Gasteiger partial charge in [-0.15, -0.1) is 5.10 Å². The Morgan fingerprint density at radius 3 is 2.68 bits per heavy atom. The Morgan fingerprint density at radius 1 is 1.12 bits per heavy atom. The van der Waals surface area contributed by atoms with Gasteiger partial charge < -0.3 is 10.1 Å². The predicted molar refractivity (Wildman–Crippen MR) is 128 cm³/mol. The van der Waals surface area contributed by atoms with Crippen LogP contribution in [0.3, 0.4) is 0 Å². The molecule has 0 saturated carbocycles. The summed E-state index contributed by atoms with van der Waals surface area (Å²) in [7, 11) is -3.99. The molecule has 178 valence electrons. The van der Waals surface area contributed by atoms with E-state index in [1.54, 1.807) is 37.3 Å². The number of hydrogen-bond acceptors (Lipinski definition) is 8. The predicted octanol–water partition coefficient (Wildman–Crippen LogP) is 1.76. The van der Waals surface area contributed by atoms with Crippen LogP contribution >= 0.6 is 0 Å². The fourth-order valence-corrected chi connectivity index (χ4v) is 5.76. The van der Waals surface area contributed by atoms with Crippen LogP contribution in [0.2, 0.25) is 0 Å². The number of benzene rings is 2. The van der Waals surface area contributed by atoms with Crippen molar-refractivity contribution >= 4 is 32.1 Å². The zero-order valence-electron chi connectivity index (χ0n) is 19.0. The summed E-state index contributed by atoms with van der Waals surface area (Å²) in [5, 5.41) is 10.3. The van der Waals surface area contributed by atoms with Crippen LogP contribution in [0.25, 0.3) is 16.6 Å². The fraction of sp³-hybridized carbons (Fsp3) is 0.348. The molecule has 2 aromatic heterocycles. The number of hydrogen-bond donors (Lipinski definition) is 2. The van der Waals surface area contributed by atoms with Crippen LogP contribution in [0.15, 0.2) is 51.1 Å². The molecule has 0 bridgehead atoms. The number of aromatic nitrogens is 4. The summed E-state index contributed by atoms with van der Waals surface area (Å²) in [6.45, 7) is 8.54. The Labute approximate surface area is 196 Å². The van der Waals surface area contributed by atoms with Gasteiger partial charge in [0.1, 0.15) is 0 Å². The molecule has 1 aliphatic heterocycles. The minimum Gasteiger partial charge on any atom is -0.384 e. The Hall–Kier alpha value is -3.28. The molecular formula is C23H26N6O4S. The van der Waals surface area contributed by atoms with Crippen LogP contribution in [0.5, 0.6) is 0 Å². The largest absolute Gasteiger partial charge is 0.384 e. The SMILES string of the molecule is Cc1ccc(S(=O)(=O)c2n[nH]n3c2nc(=O)c2ccc(NCCN4CCOCC4)cc23)c(C)c1. The van der Waals surface area contributed by atoms with Gasteiger partial charge in [0.2, 0.25) is 14.9 Å². The number of anilines is 1. The van der Waals surface area contributed by atoms with Gasteiger partial charge in [-0.25, -0.2) is 18.1 Å². The Balaban J connectivity index is 1.51. The average Bonchev–Trinajstić information content (AvgIpc) is 3.24. The van der Waals surface area contributed by atoms with Gasteiger partial charge in [-0.05, 0) is 43.7 Å². The first-order chi connectivity index (χ1) is 16.3. The quantitative estimate of drug-likeness (QED) is 0.426. The summed E-state index contributed by atoms with van der Waals surface area (Å²) in [6.07, 6.45) is 0. The van der Waals surface area contributed by atoms with E-state index < -0.39 is 15.4 Å². The Bertz CT molecular complexity index is 1540. The summed E-state index contributed by atoms with van der Waals surface area (Å²) < 4.78 is 33.6. The minimum atomic E-state index is -3.99. The molecule has 0 unspecified atom stereocenters. The number of nitrogens with one attached hydrogen (secondary N) is 2. The zero-order chi connectivity index (χ0) is 23.9. The molecule has 1 aliphatic rings. The molecule has 2 aromatic carbocycles. The molecule has 0 aliphatic carbocycles. The van der Waals surface area contributed by atoms with Crippen molar-refractivity contribution in [3.8, 4) is 0 Å². The van der Waals surface area contributed by atoms with E-state index in [2.05, 4.69) is 25.5 Å². The topological polar surface area (TPSA) is 122 Å². The number of rotatable bonds is 6. The van der Waals surface area contributed by atoms with Crippen LogP contribution in [-0.4, -0.2) is 72.5 Å².